The predicted molar refractivity (Wildman–Crippen MR) is 86.1 cm³/mol. The van der Waals surface area contributed by atoms with E-state index < -0.39 is 0 Å². The van der Waals surface area contributed by atoms with Crippen molar-refractivity contribution >= 4 is 15.9 Å². The molecule has 0 amide bonds. The Morgan fingerprint density at radius 3 is 2.65 bits per heavy atom. The first kappa shape index (κ1) is 16.0. The monoisotopic (exact) mass is 341 g/mol. The second-order valence-electron chi connectivity index (χ2n) is 6.17. The molecule has 0 bridgehead atoms. The summed E-state index contributed by atoms with van der Waals surface area (Å²) >= 11 is 3.49. The Balaban J connectivity index is 1.89. The van der Waals surface area contributed by atoms with Crippen molar-refractivity contribution in [2.24, 2.45) is 17.6 Å². The minimum absolute atomic E-state index is 0.149. The molecule has 1 fully saturated rings. The average Bonchev–Trinajstić information content (AvgIpc) is 2.44. The van der Waals surface area contributed by atoms with Gasteiger partial charge in [-0.3, -0.25) is 0 Å². The number of hydrogen-bond donors (Lipinski definition) is 1. The van der Waals surface area contributed by atoms with Gasteiger partial charge in [-0.1, -0.05) is 48.5 Å². The Morgan fingerprint density at radius 2 is 2.00 bits per heavy atom. The molecule has 112 valence electrons. The van der Waals surface area contributed by atoms with Gasteiger partial charge < -0.3 is 5.73 Å². The van der Waals surface area contributed by atoms with Crippen molar-refractivity contribution in [2.75, 3.05) is 0 Å². The number of hydrogen-bond acceptors (Lipinski definition) is 1. The summed E-state index contributed by atoms with van der Waals surface area (Å²) in [5.74, 6) is 1.32. The zero-order valence-corrected chi connectivity index (χ0v) is 13.8. The standard InChI is InChI=1S/C17H25BrFN/c1-2-3-12-4-6-13(7-5-12)17(20)11-14-10-15(19)8-9-16(14)18/h8-10,12-13,17H,2-7,11,20H2,1H3. The summed E-state index contributed by atoms with van der Waals surface area (Å²) in [6.07, 6.45) is 8.51. The summed E-state index contributed by atoms with van der Waals surface area (Å²) < 4.78 is 14.3. The molecule has 0 aromatic heterocycles. The quantitative estimate of drug-likeness (QED) is 0.795. The highest BCUT2D eigenvalue weighted by Gasteiger charge is 2.25. The largest absolute Gasteiger partial charge is 0.327 e. The lowest BCUT2D eigenvalue weighted by Gasteiger charge is -2.32. The number of benzene rings is 1. The van der Waals surface area contributed by atoms with Crippen LogP contribution in [0.5, 0.6) is 0 Å². The summed E-state index contributed by atoms with van der Waals surface area (Å²) in [5.41, 5.74) is 7.37. The summed E-state index contributed by atoms with van der Waals surface area (Å²) in [6, 6.07) is 5.01. The first-order chi connectivity index (χ1) is 9.60. The van der Waals surface area contributed by atoms with Crippen LogP contribution in [0.2, 0.25) is 0 Å². The lowest BCUT2D eigenvalue weighted by Crippen LogP contribution is -2.35. The molecule has 2 N–H and O–H groups in total. The van der Waals surface area contributed by atoms with Gasteiger partial charge in [0.1, 0.15) is 5.82 Å². The van der Waals surface area contributed by atoms with Gasteiger partial charge >= 0.3 is 0 Å². The van der Waals surface area contributed by atoms with Crippen LogP contribution >= 0.6 is 15.9 Å². The van der Waals surface area contributed by atoms with Crippen LogP contribution in [-0.4, -0.2) is 6.04 Å². The van der Waals surface area contributed by atoms with E-state index >= 15 is 0 Å². The van der Waals surface area contributed by atoms with Gasteiger partial charge in [0.15, 0.2) is 0 Å². The molecule has 0 saturated heterocycles. The topological polar surface area (TPSA) is 26.0 Å². The van der Waals surface area contributed by atoms with Gasteiger partial charge in [0.2, 0.25) is 0 Å². The fourth-order valence-electron chi connectivity index (χ4n) is 3.43. The van der Waals surface area contributed by atoms with Crippen molar-refractivity contribution in [3.8, 4) is 0 Å². The first-order valence-corrected chi connectivity index (χ1v) is 8.59. The summed E-state index contributed by atoms with van der Waals surface area (Å²) in [7, 11) is 0. The van der Waals surface area contributed by atoms with Crippen LogP contribution < -0.4 is 5.73 Å². The van der Waals surface area contributed by atoms with E-state index in [1.54, 1.807) is 12.1 Å². The molecule has 1 aromatic rings. The molecule has 1 nitrogen and oxygen atoms in total. The molecule has 0 aliphatic heterocycles. The zero-order chi connectivity index (χ0) is 14.5. The van der Waals surface area contributed by atoms with Gasteiger partial charge in [-0.05, 0) is 54.9 Å². The normalized spacial score (nSPS) is 24.6. The molecule has 1 aliphatic carbocycles. The van der Waals surface area contributed by atoms with Crippen LogP contribution in [0.4, 0.5) is 4.39 Å². The van der Waals surface area contributed by atoms with Gasteiger partial charge in [-0.25, -0.2) is 4.39 Å². The van der Waals surface area contributed by atoms with E-state index in [1.807, 2.05) is 0 Å². The molecule has 0 radical (unpaired) electrons. The van der Waals surface area contributed by atoms with Crippen molar-refractivity contribution in [1.29, 1.82) is 0 Å². The van der Waals surface area contributed by atoms with Crippen LogP contribution in [0.1, 0.15) is 51.0 Å². The van der Waals surface area contributed by atoms with Crippen molar-refractivity contribution in [3.05, 3.63) is 34.1 Å². The Labute approximate surface area is 130 Å². The van der Waals surface area contributed by atoms with Crippen LogP contribution in [-0.2, 0) is 6.42 Å². The molecule has 3 heteroatoms. The van der Waals surface area contributed by atoms with Crippen molar-refractivity contribution in [3.63, 3.8) is 0 Å². The summed E-state index contributed by atoms with van der Waals surface area (Å²) in [4.78, 5) is 0. The molecule has 1 atom stereocenters. The van der Waals surface area contributed by atoms with Gasteiger partial charge in [0.05, 0.1) is 0 Å². The van der Waals surface area contributed by atoms with Crippen molar-refractivity contribution in [2.45, 2.75) is 57.9 Å². The maximum atomic E-state index is 13.3. The highest BCUT2D eigenvalue weighted by atomic mass is 79.9. The van der Waals surface area contributed by atoms with E-state index in [-0.39, 0.29) is 11.9 Å². The van der Waals surface area contributed by atoms with E-state index in [2.05, 4.69) is 22.9 Å². The van der Waals surface area contributed by atoms with Crippen LogP contribution in [0.3, 0.4) is 0 Å². The third kappa shape index (κ3) is 4.29. The molecule has 1 aliphatic rings. The van der Waals surface area contributed by atoms with Crippen molar-refractivity contribution < 1.29 is 4.39 Å². The molecule has 2 rings (SSSR count). The van der Waals surface area contributed by atoms with Gasteiger partial charge in [-0.15, -0.1) is 0 Å². The number of halogens is 2. The lowest BCUT2D eigenvalue weighted by atomic mass is 9.76. The molecular weight excluding hydrogens is 317 g/mol. The third-order valence-corrected chi connectivity index (χ3v) is 5.43. The fourth-order valence-corrected chi connectivity index (χ4v) is 3.84. The van der Waals surface area contributed by atoms with E-state index in [4.69, 9.17) is 5.73 Å². The van der Waals surface area contributed by atoms with Crippen LogP contribution in [0.15, 0.2) is 22.7 Å². The van der Waals surface area contributed by atoms with Gasteiger partial charge in [0, 0.05) is 10.5 Å². The molecule has 1 saturated carbocycles. The number of nitrogens with two attached hydrogens (primary N) is 1. The lowest BCUT2D eigenvalue weighted by molar-refractivity contribution is 0.232. The SMILES string of the molecule is CCCC1CCC(C(N)Cc2cc(F)ccc2Br)CC1. The summed E-state index contributed by atoms with van der Waals surface area (Å²) in [6.45, 7) is 2.26. The molecule has 0 spiro atoms. The second-order valence-corrected chi connectivity index (χ2v) is 7.03. The zero-order valence-electron chi connectivity index (χ0n) is 12.2. The fraction of sp³-hybridized carbons (Fsp3) is 0.647. The van der Waals surface area contributed by atoms with E-state index in [0.29, 0.717) is 5.92 Å². The summed E-state index contributed by atoms with van der Waals surface area (Å²) in [5, 5.41) is 0. The Bertz CT molecular complexity index is 427. The first-order valence-electron chi connectivity index (χ1n) is 7.79. The number of rotatable bonds is 5. The predicted octanol–water partition coefficient (Wildman–Crippen LogP) is 5.06. The van der Waals surface area contributed by atoms with Gasteiger partial charge in [0.25, 0.3) is 0 Å². The highest BCUT2D eigenvalue weighted by molar-refractivity contribution is 9.10. The third-order valence-electron chi connectivity index (χ3n) is 4.66. The minimum Gasteiger partial charge on any atom is -0.327 e. The smallest absolute Gasteiger partial charge is 0.123 e. The maximum absolute atomic E-state index is 13.3. The molecule has 0 heterocycles. The Hall–Kier alpha value is -0.410. The van der Waals surface area contributed by atoms with E-state index in [0.717, 1.165) is 22.4 Å². The van der Waals surface area contributed by atoms with Gasteiger partial charge in [-0.2, -0.15) is 0 Å². The van der Waals surface area contributed by atoms with Crippen LogP contribution in [0, 0.1) is 17.7 Å². The minimum atomic E-state index is -0.179. The molecule has 20 heavy (non-hydrogen) atoms. The van der Waals surface area contributed by atoms with E-state index in [1.165, 1.54) is 44.6 Å². The van der Waals surface area contributed by atoms with Crippen molar-refractivity contribution in [1.82, 2.24) is 0 Å². The average molecular weight is 342 g/mol. The van der Waals surface area contributed by atoms with E-state index in [9.17, 15) is 4.39 Å². The van der Waals surface area contributed by atoms with Crippen LogP contribution in [0.25, 0.3) is 0 Å². The maximum Gasteiger partial charge on any atom is 0.123 e. The Kier molecular flexibility index (Phi) is 6.03. The molecule has 1 aromatic carbocycles. The highest BCUT2D eigenvalue weighted by Crippen LogP contribution is 2.34. The Morgan fingerprint density at radius 1 is 1.30 bits per heavy atom. The second kappa shape index (κ2) is 7.56. The molecule has 1 unspecified atom stereocenters. The molecular formula is C17H25BrFN.